The van der Waals surface area contributed by atoms with Crippen molar-refractivity contribution in [2.75, 3.05) is 12.3 Å². The Morgan fingerprint density at radius 3 is 2.50 bits per heavy atom. The second-order valence-corrected chi connectivity index (χ2v) is 8.94. The summed E-state index contributed by atoms with van der Waals surface area (Å²) >= 11 is 1.57. The van der Waals surface area contributed by atoms with Crippen LogP contribution in [0.2, 0.25) is 0 Å². The van der Waals surface area contributed by atoms with Crippen molar-refractivity contribution < 1.29 is 14.3 Å². The predicted octanol–water partition coefficient (Wildman–Crippen LogP) is 4.29. The molecule has 3 aromatic rings. The lowest BCUT2D eigenvalue weighted by Crippen LogP contribution is -2.26. The minimum absolute atomic E-state index is 0.0715. The molecule has 0 fully saturated rings. The zero-order valence-electron chi connectivity index (χ0n) is 17.6. The van der Waals surface area contributed by atoms with E-state index in [-0.39, 0.29) is 18.4 Å². The number of hydrogen-bond acceptors (Lipinski definition) is 5. The molecule has 7 heteroatoms. The predicted molar refractivity (Wildman–Crippen MR) is 120 cm³/mol. The molecule has 30 heavy (non-hydrogen) atoms. The highest BCUT2D eigenvalue weighted by molar-refractivity contribution is 7.99. The number of carbonyl (C=O) groups excluding carboxylic acids is 2. The van der Waals surface area contributed by atoms with Crippen LogP contribution in [-0.4, -0.2) is 39.3 Å². The highest BCUT2D eigenvalue weighted by Gasteiger charge is 2.19. The number of nitrogens with one attached hydrogen (secondary N) is 1. The minimum Gasteiger partial charge on any atom is -0.459 e. The van der Waals surface area contributed by atoms with E-state index >= 15 is 0 Å². The van der Waals surface area contributed by atoms with Crippen LogP contribution in [0, 0.1) is 0 Å². The van der Waals surface area contributed by atoms with E-state index in [2.05, 4.69) is 10.3 Å². The smallest absolute Gasteiger partial charge is 0.326 e. The monoisotopic (exact) mass is 425 g/mol. The van der Waals surface area contributed by atoms with Crippen LogP contribution in [0.25, 0.3) is 11.0 Å². The van der Waals surface area contributed by atoms with Gasteiger partial charge in [0.15, 0.2) is 5.16 Å². The number of thioether (sulfide) groups is 1. The lowest BCUT2D eigenvalue weighted by atomic mass is 10.2. The quantitative estimate of drug-likeness (QED) is 0.331. The number of carbonyl (C=O) groups is 2. The molecular formula is C23H27N3O3S. The molecule has 0 aliphatic rings. The summed E-state index contributed by atoms with van der Waals surface area (Å²) in [6, 6.07) is 16.9. The SMILES string of the molecule is CC(C)(C)OC(=O)Cn1c(SCCCNC(=O)c2ccccc2)nc2ccccc21. The zero-order valence-corrected chi connectivity index (χ0v) is 18.4. The van der Waals surface area contributed by atoms with Gasteiger partial charge in [0, 0.05) is 17.9 Å². The summed E-state index contributed by atoms with van der Waals surface area (Å²) in [7, 11) is 0. The Hall–Kier alpha value is -2.80. The van der Waals surface area contributed by atoms with E-state index < -0.39 is 5.60 Å². The fourth-order valence-corrected chi connectivity index (χ4v) is 3.90. The van der Waals surface area contributed by atoms with Crippen molar-refractivity contribution in [2.24, 2.45) is 0 Å². The molecule has 0 unspecified atom stereocenters. The van der Waals surface area contributed by atoms with Crippen molar-refractivity contribution in [1.29, 1.82) is 0 Å². The van der Waals surface area contributed by atoms with Crippen LogP contribution in [0.4, 0.5) is 0 Å². The topological polar surface area (TPSA) is 73.2 Å². The van der Waals surface area contributed by atoms with Crippen LogP contribution in [0.5, 0.6) is 0 Å². The van der Waals surface area contributed by atoms with Crippen molar-refractivity contribution >= 4 is 34.7 Å². The average Bonchev–Trinajstić information content (AvgIpc) is 3.04. The Balaban J connectivity index is 1.58. The lowest BCUT2D eigenvalue weighted by Gasteiger charge is -2.20. The molecule has 3 rings (SSSR count). The van der Waals surface area contributed by atoms with E-state index in [1.54, 1.807) is 23.9 Å². The maximum atomic E-state index is 12.4. The fraction of sp³-hybridized carbons (Fsp3) is 0.348. The molecule has 0 bridgehead atoms. The molecule has 0 aliphatic heterocycles. The van der Waals surface area contributed by atoms with Crippen molar-refractivity contribution in [3.63, 3.8) is 0 Å². The van der Waals surface area contributed by atoms with E-state index in [0.29, 0.717) is 12.1 Å². The first-order valence-corrected chi connectivity index (χ1v) is 11.0. The summed E-state index contributed by atoms with van der Waals surface area (Å²) < 4.78 is 7.38. The van der Waals surface area contributed by atoms with E-state index in [0.717, 1.165) is 28.4 Å². The molecule has 0 saturated carbocycles. The van der Waals surface area contributed by atoms with Gasteiger partial charge in [0.1, 0.15) is 12.1 Å². The van der Waals surface area contributed by atoms with E-state index in [1.807, 2.05) is 67.8 Å². The second kappa shape index (κ2) is 9.80. The number of ether oxygens (including phenoxy) is 1. The molecule has 1 heterocycles. The van der Waals surface area contributed by atoms with Crippen molar-refractivity contribution in [2.45, 2.75) is 44.5 Å². The lowest BCUT2D eigenvalue weighted by molar-refractivity contribution is -0.155. The fourth-order valence-electron chi connectivity index (χ4n) is 2.95. The van der Waals surface area contributed by atoms with Gasteiger partial charge in [-0.1, -0.05) is 42.1 Å². The summed E-state index contributed by atoms with van der Waals surface area (Å²) in [4.78, 5) is 29.2. The zero-order chi connectivity index (χ0) is 21.6. The van der Waals surface area contributed by atoms with Crippen molar-refractivity contribution in [1.82, 2.24) is 14.9 Å². The Labute approximate surface area is 181 Å². The van der Waals surface area contributed by atoms with Crippen LogP contribution in [0.3, 0.4) is 0 Å². The standard InChI is InChI=1S/C23H27N3O3S/c1-23(2,3)29-20(27)16-26-19-13-8-7-12-18(19)25-22(26)30-15-9-14-24-21(28)17-10-5-4-6-11-17/h4-8,10-13H,9,14-16H2,1-3H3,(H,24,28). The molecule has 1 aromatic heterocycles. The van der Waals surface area contributed by atoms with Crippen LogP contribution in [0.1, 0.15) is 37.6 Å². The summed E-state index contributed by atoms with van der Waals surface area (Å²) in [5.41, 5.74) is 1.88. The number of esters is 1. The van der Waals surface area contributed by atoms with Gasteiger partial charge in [0.2, 0.25) is 0 Å². The third kappa shape index (κ3) is 6.10. The van der Waals surface area contributed by atoms with Gasteiger partial charge in [-0.25, -0.2) is 4.98 Å². The highest BCUT2D eigenvalue weighted by atomic mass is 32.2. The molecule has 158 valence electrons. The first-order chi connectivity index (χ1) is 14.3. The number of benzene rings is 2. The van der Waals surface area contributed by atoms with Crippen LogP contribution in [0.15, 0.2) is 59.8 Å². The van der Waals surface area contributed by atoms with Gasteiger partial charge in [0.25, 0.3) is 5.91 Å². The summed E-state index contributed by atoms with van der Waals surface area (Å²) in [5.74, 6) is 0.410. The number of hydrogen-bond donors (Lipinski definition) is 1. The van der Waals surface area contributed by atoms with Gasteiger partial charge < -0.3 is 14.6 Å². The van der Waals surface area contributed by atoms with E-state index in [1.165, 1.54) is 0 Å². The Kier molecular flexibility index (Phi) is 7.15. The summed E-state index contributed by atoms with van der Waals surface area (Å²) in [6.45, 7) is 6.26. The van der Waals surface area contributed by atoms with Gasteiger partial charge in [-0.05, 0) is 51.5 Å². The van der Waals surface area contributed by atoms with Gasteiger partial charge in [-0.2, -0.15) is 0 Å². The average molecular weight is 426 g/mol. The first-order valence-electron chi connectivity index (χ1n) is 9.97. The van der Waals surface area contributed by atoms with E-state index in [9.17, 15) is 9.59 Å². The molecule has 0 radical (unpaired) electrons. The largest absolute Gasteiger partial charge is 0.459 e. The van der Waals surface area contributed by atoms with E-state index in [4.69, 9.17) is 4.74 Å². The number of rotatable bonds is 8. The van der Waals surface area contributed by atoms with Crippen LogP contribution >= 0.6 is 11.8 Å². The molecule has 0 spiro atoms. The maximum Gasteiger partial charge on any atom is 0.326 e. The van der Waals surface area contributed by atoms with Gasteiger partial charge in [-0.15, -0.1) is 0 Å². The third-order valence-corrected chi connectivity index (χ3v) is 5.26. The van der Waals surface area contributed by atoms with Gasteiger partial charge >= 0.3 is 5.97 Å². The molecule has 0 aliphatic carbocycles. The second-order valence-electron chi connectivity index (χ2n) is 7.88. The Morgan fingerprint density at radius 1 is 1.07 bits per heavy atom. The molecular weight excluding hydrogens is 398 g/mol. The van der Waals surface area contributed by atoms with Crippen molar-refractivity contribution in [3.05, 3.63) is 60.2 Å². The Bertz CT molecular complexity index is 1010. The number of aromatic nitrogens is 2. The molecule has 0 atom stereocenters. The molecule has 1 amide bonds. The molecule has 1 N–H and O–H groups in total. The summed E-state index contributed by atoms with van der Waals surface area (Å²) in [5, 5.41) is 3.71. The highest BCUT2D eigenvalue weighted by Crippen LogP contribution is 2.25. The first kappa shape index (κ1) is 21.9. The van der Waals surface area contributed by atoms with Crippen molar-refractivity contribution in [3.8, 4) is 0 Å². The molecule has 6 nitrogen and oxygen atoms in total. The number of imidazole rings is 1. The number of nitrogens with zero attached hydrogens (tertiary/aromatic N) is 2. The Morgan fingerprint density at radius 2 is 1.77 bits per heavy atom. The maximum absolute atomic E-state index is 12.4. The van der Waals surface area contributed by atoms with Crippen LogP contribution in [-0.2, 0) is 16.1 Å². The molecule has 0 saturated heterocycles. The number of amides is 1. The van der Waals surface area contributed by atoms with Crippen LogP contribution < -0.4 is 5.32 Å². The molecule has 2 aromatic carbocycles. The summed E-state index contributed by atoms with van der Waals surface area (Å²) in [6.07, 6.45) is 0.791. The third-order valence-electron chi connectivity index (χ3n) is 4.20. The number of para-hydroxylation sites is 2. The van der Waals surface area contributed by atoms with Gasteiger partial charge in [0.05, 0.1) is 11.0 Å². The normalized spacial score (nSPS) is 11.4. The van der Waals surface area contributed by atoms with Gasteiger partial charge in [-0.3, -0.25) is 9.59 Å². The minimum atomic E-state index is -0.530. The number of fused-ring (bicyclic) bond motifs is 1.